The van der Waals surface area contributed by atoms with E-state index in [1.807, 2.05) is 19.1 Å². The van der Waals surface area contributed by atoms with Crippen LogP contribution in [0.25, 0.3) is 0 Å². The lowest BCUT2D eigenvalue weighted by atomic mass is 10.1. The van der Waals surface area contributed by atoms with Gasteiger partial charge in [-0.05, 0) is 31.0 Å². The van der Waals surface area contributed by atoms with E-state index in [0.717, 1.165) is 6.42 Å². The molecule has 1 aromatic carbocycles. The maximum atomic E-state index is 11.7. The van der Waals surface area contributed by atoms with Crippen LogP contribution in [0.5, 0.6) is 5.75 Å². The van der Waals surface area contributed by atoms with Gasteiger partial charge in [-0.25, -0.2) is 0 Å². The van der Waals surface area contributed by atoms with Crippen LogP contribution in [0.2, 0.25) is 0 Å². The minimum Gasteiger partial charge on any atom is -0.495 e. The highest BCUT2D eigenvalue weighted by atomic mass is 16.5. The number of nitrogens with one attached hydrogen (secondary N) is 2. The molecule has 0 saturated heterocycles. The van der Waals surface area contributed by atoms with Gasteiger partial charge in [-0.15, -0.1) is 0 Å². The summed E-state index contributed by atoms with van der Waals surface area (Å²) < 4.78 is 5.16. The first-order valence-corrected chi connectivity index (χ1v) is 6.41. The molecule has 0 saturated carbocycles. The van der Waals surface area contributed by atoms with Gasteiger partial charge in [0.1, 0.15) is 5.75 Å². The minimum atomic E-state index is -0.110. The van der Waals surface area contributed by atoms with Gasteiger partial charge in [-0.1, -0.05) is 19.1 Å². The number of hydrogen-bond donors (Lipinski definition) is 3. The number of benzene rings is 1. The van der Waals surface area contributed by atoms with Gasteiger partial charge in [0.15, 0.2) is 0 Å². The molecule has 1 amide bonds. The van der Waals surface area contributed by atoms with Crippen molar-refractivity contribution in [1.82, 2.24) is 5.32 Å². The summed E-state index contributed by atoms with van der Waals surface area (Å²) >= 11 is 0. The maximum Gasteiger partial charge on any atom is 0.238 e. The second kappa shape index (κ2) is 8.50. The molecule has 1 rings (SSSR count). The second-order valence-electron chi connectivity index (χ2n) is 4.50. The van der Waals surface area contributed by atoms with E-state index < -0.39 is 0 Å². The van der Waals surface area contributed by atoms with Crippen LogP contribution >= 0.6 is 0 Å². The highest BCUT2D eigenvalue weighted by Crippen LogP contribution is 2.22. The molecular formula is C14H22N2O3. The van der Waals surface area contributed by atoms with Crippen molar-refractivity contribution in [2.75, 3.05) is 32.1 Å². The van der Waals surface area contributed by atoms with Crippen LogP contribution in [0.15, 0.2) is 24.3 Å². The van der Waals surface area contributed by atoms with E-state index in [2.05, 4.69) is 10.6 Å². The number of aliphatic hydroxyl groups is 1. The predicted molar refractivity (Wildman–Crippen MR) is 75.4 cm³/mol. The van der Waals surface area contributed by atoms with Crippen LogP contribution in [-0.2, 0) is 4.79 Å². The SMILES string of the molecule is COc1ccccc1NC(=O)CNCC(C)CCO. The molecule has 5 nitrogen and oxygen atoms in total. The van der Waals surface area contributed by atoms with Gasteiger partial charge < -0.3 is 20.5 Å². The van der Waals surface area contributed by atoms with Crippen LogP contribution in [0.4, 0.5) is 5.69 Å². The zero-order chi connectivity index (χ0) is 14.1. The number of aliphatic hydroxyl groups excluding tert-OH is 1. The topological polar surface area (TPSA) is 70.6 Å². The van der Waals surface area contributed by atoms with Gasteiger partial charge in [-0.3, -0.25) is 4.79 Å². The second-order valence-corrected chi connectivity index (χ2v) is 4.50. The van der Waals surface area contributed by atoms with Gasteiger partial charge >= 0.3 is 0 Å². The Balaban J connectivity index is 2.35. The summed E-state index contributed by atoms with van der Waals surface area (Å²) in [5, 5.41) is 14.6. The van der Waals surface area contributed by atoms with Crippen LogP contribution < -0.4 is 15.4 Å². The number of ether oxygens (including phenoxy) is 1. The van der Waals surface area contributed by atoms with E-state index in [-0.39, 0.29) is 19.1 Å². The summed E-state index contributed by atoms with van der Waals surface area (Å²) in [6.07, 6.45) is 0.737. The molecule has 0 bridgehead atoms. The molecule has 106 valence electrons. The Morgan fingerprint density at radius 2 is 2.16 bits per heavy atom. The minimum absolute atomic E-state index is 0.110. The number of rotatable bonds is 8. The van der Waals surface area contributed by atoms with E-state index >= 15 is 0 Å². The van der Waals surface area contributed by atoms with Gasteiger partial charge in [0.05, 0.1) is 19.3 Å². The van der Waals surface area contributed by atoms with Crippen molar-refractivity contribution in [2.24, 2.45) is 5.92 Å². The summed E-state index contributed by atoms with van der Waals surface area (Å²) in [7, 11) is 1.57. The van der Waals surface area contributed by atoms with Crippen molar-refractivity contribution < 1.29 is 14.6 Å². The lowest BCUT2D eigenvalue weighted by Gasteiger charge is -2.12. The van der Waals surface area contributed by atoms with Crippen molar-refractivity contribution in [3.05, 3.63) is 24.3 Å². The molecule has 0 aromatic heterocycles. The summed E-state index contributed by atoms with van der Waals surface area (Å²) in [5.41, 5.74) is 0.667. The summed E-state index contributed by atoms with van der Waals surface area (Å²) in [6, 6.07) is 7.29. The highest BCUT2D eigenvalue weighted by molar-refractivity contribution is 5.93. The van der Waals surface area contributed by atoms with E-state index in [0.29, 0.717) is 23.9 Å². The van der Waals surface area contributed by atoms with E-state index in [1.54, 1.807) is 19.2 Å². The molecule has 0 aliphatic heterocycles. The number of hydrogen-bond acceptors (Lipinski definition) is 4. The average Bonchev–Trinajstić information content (AvgIpc) is 2.39. The molecule has 1 atom stereocenters. The fourth-order valence-corrected chi connectivity index (χ4v) is 1.70. The third-order valence-electron chi connectivity index (χ3n) is 2.78. The number of amides is 1. The molecule has 0 radical (unpaired) electrons. The van der Waals surface area contributed by atoms with Crippen molar-refractivity contribution in [3.63, 3.8) is 0 Å². The van der Waals surface area contributed by atoms with Crippen molar-refractivity contribution in [3.8, 4) is 5.75 Å². The molecule has 0 fully saturated rings. The Labute approximate surface area is 114 Å². The Morgan fingerprint density at radius 1 is 1.42 bits per heavy atom. The Bertz CT molecular complexity index is 396. The lowest BCUT2D eigenvalue weighted by Crippen LogP contribution is -2.31. The fraction of sp³-hybridized carbons (Fsp3) is 0.500. The fourth-order valence-electron chi connectivity index (χ4n) is 1.70. The van der Waals surface area contributed by atoms with Gasteiger partial charge in [0.25, 0.3) is 0 Å². The number of carbonyl (C=O) groups excluding carboxylic acids is 1. The zero-order valence-corrected chi connectivity index (χ0v) is 11.5. The monoisotopic (exact) mass is 266 g/mol. The third-order valence-corrected chi connectivity index (χ3v) is 2.78. The van der Waals surface area contributed by atoms with E-state index in [4.69, 9.17) is 9.84 Å². The first-order chi connectivity index (χ1) is 9.17. The Hall–Kier alpha value is -1.59. The zero-order valence-electron chi connectivity index (χ0n) is 11.5. The standard InChI is InChI=1S/C14H22N2O3/c1-11(7-8-17)9-15-10-14(18)16-12-5-3-4-6-13(12)19-2/h3-6,11,15,17H,7-10H2,1-2H3,(H,16,18). The average molecular weight is 266 g/mol. The first kappa shape index (κ1) is 15.5. The molecule has 19 heavy (non-hydrogen) atoms. The Kier molecular flexibility index (Phi) is 6.92. The number of para-hydroxylation sites is 2. The highest BCUT2D eigenvalue weighted by Gasteiger charge is 2.07. The van der Waals surface area contributed by atoms with Crippen LogP contribution in [-0.4, -0.2) is 37.8 Å². The van der Waals surface area contributed by atoms with Crippen LogP contribution in [0, 0.1) is 5.92 Å². The van der Waals surface area contributed by atoms with Crippen molar-refractivity contribution in [1.29, 1.82) is 0 Å². The maximum absolute atomic E-state index is 11.7. The number of methoxy groups -OCH3 is 1. The Morgan fingerprint density at radius 3 is 2.84 bits per heavy atom. The molecular weight excluding hydrogens is 244 g/mol. The predicted octanol–water partition coefficient (Wildman–Crippen LogP) is 1.24. The molecule has 1 unspecified atom stereocenters. The summed E-state index contributed by atoms with van der Waals surface area (Å²) in [4.78, 5) is 11.7. The van der Waals surface area contributed by atoms with Gasteiger partial charge in [-0.2, -0.15) is 0 Å². The quantitative estimate of drug-likeness (QED) is 0.662. The van der Waals surface area contributed by atoms with Crippen LogP contribution in [0.3, 0.4) is 0 Å². The number of carbonyl (C=O) groups is 1. The van der Waals surface area contributed by atoms with Crippen LogP contribution in [0.1, 0.15) is 13.3 Å². The normalized spacial score (nSPS) is 11.9. The largest absolute Gasteiger partial charge is 0.495 e. The third kappa shape index (κ3) is 5.72. The van der Waals surface area contributed by atoms with Gasteiger partial charge in [0, 0.05) is 6.61 Å². The summed E-state index contributed by atoms with van der Waals surface area (Å²) in [6.45, 7) is 3.16. The van der Waals surface area contributed by atoms with Gasteiger partial charge in [0.2, 0.25) is 5.91 Å². The molecule has 0 heterocycles. The molecule has 0 aliphatic rings. The molecule has 0 spiro atoms. The number of anilines is 1. The molecule has 3 N–H and O–H groups in total. The molecule has 5 heteroatoms. The van der Waals surface area contributed by atoms with E-state index in [1.165, 1.54) is 0 Å². The van der Waals surface area contributed by atoms with E-state index in [9.17, 15) is 4.79 Å². The molecule has 1 aromatic rings. The first-order valence-electron chi connectivity index (χ1n) is 6.41. The van der Waals surface area contributed by atoms with Crippen molar-refractivity contribution >= 4 is 11.6 Å². The smallest absolute Gasteiger partial charge is 0.238 e. The summed E-state index contributed by atoms with van der Waals surface area (Å²) in [5.74, 6) is 0.884. The molecule has 0 aliphatic carbocycles. The lowest BCUT2D eigenvalue weighted by molar-refractivity contribution is -0.115. The van der Waals surface area contributed by atoms with Crippen molar-refractivity contribution in [2.45, 2.75) is 13.3 Å².